The zero-order valence-corrected chi connectivity index (χ0v) is 10.8. The highest BCUT2D eigenvalue weighted by atomic mass is 16.5. The van der Waals surface area contributed by atoms with E-state index in [1.54, 1.807) is 0 Å². The summed E-state index contributed by atoms with van der Waals surface area (Å²) in [4.78, 5) is 11.9. The van der Waals surface area contributed by atoms with Gasteiger partial charge in [0, 0.05) is 6.04 Å². The predicted octanol–water partition coefficient (Wildman–Crippen LogP) is 2.64. The van der Waals surface area contributed by atoms with Crippen molar-refractivity contribution >= 4 is 5.97 Å². The lowest BCUT2D eigenvalue weighted by Crippen LogP contribution is -2.56. The van der Waals surface area contributed by atoms with Gasteiger partial charge in [0.2, 0.25) is 0 Å². The monoisotopic (exact) mass is 227 g/mol. The molecule has 0 amide bonds. The summed E-state index contributed by atoms with van der Waals surface area (Å²) in [5.41, 5.74) is -0.462. The van der Waals surface area contributed by atoms with Crippen molar-refractivity contribution in [3.63, 3.8) is 0 Å². The highest BCUT2D eigenvalue weighted by molar-refractivity contribution is 5.80. The maximum atomic E-state index is 11.9. The van der Waals surface area contributed by atoms with Gasteiger partial charge in [-0.2, -0.15) is 0 Å². The fourth-order valence-electron chi connectivity index (χ4n) is 2.63. The Kier molecular flexibility index (Phi) is 5.26. The minimum Gasteiger partial charge on any atom is -0.468 e. The molecule has 16 heavy (non-hydrogen) atoms. The number of carbonyl (C=O) groups excluding carboxylic acids is 1. The number of hydrogen-bond donors (Lipinski definition) is 1. The molecule has 1 fully saturated rings. The number of hydrogen-bond acceptors (Lipinski definition) is 3. The molecule has 1 N–H and O–H groups in total. The summed E-state index contributed by atoms with van der Waals surface area (Å²) in [6.45, 7) is 4.10. The molecule has 1 saturated carbocycles. The summed E-state index contributed by atoms with van der Waals surface area (Å²) >= 11 is 0. The van der Waals surface area contributed by atoms with Crippen LogP contribution in [0.4, 0.5) is 0 Å². The Morgan fingerprint density at radius 1 is 1.25 bits per heavy atom. The van der Waals surface area contributed by atoms with Gasteiger partial charge in [-0.3, -0.25) is 10.1 Å². The SMILES string of the molecule is CCC(CC)(NC1CCCCC1)C(=O)OC. The van der Waals surface area contributed by atoms with Gasteiger partial charge < -0.3 is 4.74 Å². The number of ether oxygens (including phenoxy) is 1. The number of rotatable bonds is 5. The van der Waals surface area contributed by atoms with E-state index in [0.717, 1.165) is 12.8 Å². The molecule has 0 atom stereocenters. The van der Waals surface area contributed by atoms with Crippen molar-refractivity contribution in [3.8, 4) is 0 Å². The molecule has 1 aliphatic rings. The van der Waals surface area contributed by atoms with Gasteiger partial charge in [0.15, 0.2) is 0 Å². The van der Waals surface area contributed by atoms with Crippen LogP contribution in [0.2, 0.25) is 0 Å². The Morgan fingerprint density at radius 2 is 1.81 bits per heavy atom. The Hall–Kier alpha value is -0.570. The lowest BCUT2D eigenvalue weighted by atomic mass is 9.88. The molecule has 0 aromatic carbocycles. The molecule has 0 aromatic rings. The van der Waals surface area contributed by atoms with Crippen LogP contribution in [0.3, 0.4) is 0 Å². The molecule has 94 valence electrons. The minimum atomic E-state index is -0.462. The quantitative estimate of drug-likeness (QED) is 0.734. The maximum Gasteiger partial charge on any atom is 0.326 e. The normalized spacial score (nSPS) is 18.4. The minimum absolute atomic E-state index is 0.108. The molecule has 1 rings (SSSR count). The van der Waals surface area contributed by atoms with Gasteiger partial charge in [0.1, 0.15) is 5.54 Å². The van der Waals surface area contributed by atoms with Gasteiger partial charge in [0.25, 0.3) is 0 Å². The topological polar surface area (TPSA) is 38.3 Å². The van der Waals surface area contributed by atoms with Crippen LogP contribution in [0.15, 0.2) is 0 Å². The smallest absolute Gasteiger partial charge is 0.326 e. The average Bonchev–Trinajstić information content (AvgIpc) is 2.36. The van der Waals surface area contributed by atoms with E-state index in [-0.39, 0.29) is 5.97 Å². The number of esters is 1. The molecule has 3 heteroatoms. The van der Waals surface area contributed by atoms with Crippen LogP contribution in [-0.4, -0.2) is 24.7 Å². The number of nitrogens with one attached hydrogen (secondary N) is 1. The van der Waals surface area contributed by atoms with Gasteiger partial charge in [-0.05, 0) is 25.7 Å². The first-order valence-corrected chi connectivity index (χ1v) is 6.54. The van der Waals surface area contributed by atoms with Crippen molar-refractivity contribution in [2.45, 2.75) is 70.4 Å². The Morgan fingerprint density at radius 3 is 2.25 bits per heavy atom. The van der Waals surface area contributed by atoms with Crippen molar-refractivity contribution in [1.82, 2.24) is 5.32 Å². The second-order valence-electron chi connectivity index (χ2n) is 4.76. The highest BCUT2D eigenvalue weighted by Crippen LogP contribution is 2.24. The van der Waals surface area contributed by atoms with Crippen molar-refractivity contribution in [2.24, 2.45) is 0 Å². The third kappa shape index (κ3) is 2.97. The van der Waals surface area contributed by atoms with E-state index >= 15 is 0 Å². The largest absolute Gasteiger partial charge is 0.468 e. The molecule has 0 aliphatic heterocycles. The number of methoxy groups -OCH3 is 1. The predicted molar refractivity (Wildman–Crippen MR) is 65.3 cm³/mol. The second kappa shape index (κ2) is 6.24. The molecule has 0 aromatic heterocycles. The van der Waals surface area contributed by atoms with Gasteiger partial charge in [-0.1, -0.05) is 33.1 Å². The van der Waals surface area contributed by atoms with E-state index in [1.165, 1.54) is 39.2 Å². The summed E-state index contributed by atoms with van der Waals surface area (Å²) in [5.74, 6) is -0.108. The molecule has 0 bridgehead atoms. The third-order valence-corrected chi connectivity index (χ3v) is 3.87. The molecule has 1 aliphatic carbocycles. The van der Waals surface area contributed by atoms with Gasteiger partial charge in [-0.15, -0.1) is 0 Å². The second-order valence-corrected chi connectivity index (χ2v) is 4.76. The summed E-state index contributed by atoms with van der Waals surface area (Å²) in [6.07, 6.45) is 7.88. The summed E-state index contributed by atoms with van der Waals surface area (Å²) in [5, 5.41) is 3.54. The molecule has 0 heterocycles. The molecule has 0 radical (unpaired) electrons. The first-order valence-electron chi connectivity index (χ1n) is 6.54. The summed E-state index contributed by atoms with van der Waals surface area (Å²) in [7, 11) is 1.48. The Labute approximate surface area is 98.9 Å². The first kappa shape index (κ1) is 13.5. The third-order valence-electron chi connectivity index (χ3n) is 3.87. The number of carbonyl (C=O) groups is 1. The average molecular weight is 227 g/mol. The standard InChI is InChI=1S/C13H25NO2/c1-4-13(5-2,12(15)16-3)14-11-9-7-6-8-10-11/h11,14H,4-10H2,1-3H3. The van der Waals surface area contributed by atoms with Crippen molar-refractivity contribution < 1.29 is 9.53 Å². The maximum absolute atomic E-state index is 11.9. The van der Waals surface area contributed by atoms with Crippen molar-refractivity contribution in [3.05, 3.63) is 0 Å². The van der Waals surface area contributed by atoms with Gasteiger partial charge in [-0.25, -0.2) is 0 Å². The van der Waals surface area contributed by atoms with E-state index in [1.807, 2.05) is 0 Å². The molecular formula is C13H25NO2. The van der Waals surface area contributed by atoms with Crippen LogP contribution in [0.1, 0.15) is 58.8 Å². The molecule has 0 saturated heterocycles. The van der Waals surface area contributed by atoms with Crippen LogP contribution < -0.4 is 5.32 Å². The lowest BCUT2D eigenvalue weighted by Gasteiger charge is -2.36. The van der Waals surface area contributed by atoms with E-state index in [0.29, 0.717) is 6.04 Å². The van der Waals surface area contributed by atoms with Gasteiger partial charge >= 0.3 is 5.97 Å². The first-order chi connectivity index (χ1) is 7.68. The zero-order valence-electron chi connectivity index (χ0n) is 10.8. The van der Waals surface area contributed by atoms with Crippen LogP contribution in [0.5, 0.6) is 0 Å². The molecular weight excluding hydrogens is 202 g/mol. The van der Waals surface area contributed by atoms with E-state index in [9.17, 15) is 4.79 Å². The Bertz CT molecular complexity index is 218. The zero-order chi connectivity index (χ0) is 12.0. The van der Waals surface area contributed by atoms with E-state index in [4.69, 9.17) is 4.74 Å². The van der Waals surface area contributed by atoms with Crippen molar-refractivity contribution in [2.75, 3.05) is 7.11 Å². The van der Waals surface area contributed by atoms with Crippen LogP contribution in [0, 0.1) is 0 Å². The Balaban J connectivity index is 2.65. The van der Waals surface area contributed by atoms with Crippen LogP contribution in [-0.2, 0) is 9.53 Å². The lowest BCUT2D eigenvalue weighted by molar-refractivity contribution is -0.149. The van der Waals surface area contributed by atoms with Crippen LogP contribution in [0.25, 0.3) is 0 Å². The molecule has 0 unspecified atom stereocenters. The highest BCUT2D eigenvalue weighted by Gasteiger charge is 2.37. The van der Waals surface area contributed by atoms with E-state index in [2.05, 4.69) is 19.2 Å². The van der Waals surface area contributed by atoms with E-state index < -0.39 is 5.54 Å². The van der Waals surface area contributed by atoms with Crippen molar-refractivity contribution in [1.29, 1.82) is 0 Å². The molecule has 3 nitrogen and oxygen atoms in total. The fourth-order valence-corrected chi connectivity index (χ4v) is 2.63. The molecule has 0 spiro atoms. The summed E-state index contributed by atoms with van der Waals surface area (Å²) in [6, 6.07) is 0.493. The van der Waals surface area contributed by atoms with Crippen LogP contribution >= 0.6 is 0 Å². The van der Waals surface area contributed by atoms with Gasteiger partial charge in [0.05, 0.1) is 7.11 Å². The fraction of sp³-hybridized carbons (Fsp3) is 0.923. The summed E-state index contributed by atoms with van der Waals surface area (Å²) < 4.78 is 4.94.